The molecule has 0 saturated carbocycles. The van der Waals surface area contributed by atoms with Crippen LogP contribution in [0.15, 0.2) is 40.9 Å². The van der Waals surface area contributed by atoms with Gasteiger partial charge in [0.1, 0.15) is 0 Å². The molecule has 0 bridgehead atoms. The summed E-state index contributed by atoms with van der Waals surface area (Å²) in [5.74, 6) is 0. The summed E-state index contributed by atoms with van der Waals surface area (Å²) < 4.78 is 1.00. The van der Waals surface area contributed by atoms with E-state index in [1.165, 1.54) is 6.07 Å². The molecule has 0 unspecified atom stereocenters. The van der Waals surface area contributed by atoms with Gasteiger partial charge in [0.05, 0.1) is 13.1 Å². The third kappa shape index (κ3) is 5.02. The van der Waals surface area contributed by atoms with Gasteiger partial charge in [-0.05, 0) is 30.9 Å². The van der Waals surface area contributed by atoms with E-state index in [2.05, 4.69) is 25.6 Å². The van der Waals surface area contributed by atoms with Crippen molar-refractivity contribution in [3.63, 3.8) is 0 Å². The second-order valence-corrected chi connectivity index (χ2v) is 5.43. The van der Waals surface area contributed by atoms with E-state index in [0.717, 1.165) is 15.6 Å². The summed E-state index contributed by atoms with van der Waals surface area (Å²) >= 11 is 3.34. The van der Waals surface area contributed by atoms with Crippen LogP contribution in [0, 0.1) is 27.0 Å². The Bertz CT molecular complexity index is 749. The van der Waals surface area contributed by atoms with Crippen molar-refractivity contribution < 1.29 is 10.0 Å². The van der Waals surface area contributed by atoms with Gasteiger partial charge in [-0.3, -0.25) is 0 Å². The number of aryl methyl sites for hydroxylation is 2. The molecule has 2 aromatic rings. The highest BCUT2D eigenvalue weighted by molar-refractivity contribution is 9.10. The van der Waals surface area contributed by atoms with Gasteiger partial charge in [-0.15, -0.1) is 0 Å². The number of hydrogen-bond acceptors (Lipinski definition) is 2. The highest BCUT2D eigenvalue weighted by atomic mass is 79.9. The van der Waals surface area contributed by atoms with Crippen LogP contribution in [0.4, 0.5) is 11.4 Å². The normalized spacial score (nSPS) is 9.05. The maximum atomic E-state index is 8.88. The molecule has 0 atom stereocenters. The number of nitrogens with zero attached hydrogens (tertiary/aromatic N) is 2. The molecular weight excluding hydrogens is 343 g/mol. The molecule has 110 valence electrons. The van der Waals surface area contributed by atoms with E-state index < -0.39 is 7.12 Å². The molecule has 0 heterocycles. The topological polar surface area (TPSA) is 49.2 Å². The van der Waals surface area contributed by atoms with Gasteiger partial charge < -0.3 is 10.0 Å². The Balaban J connectivity index is 0.000000224. The van der Waals surface area contributed by atoms with Crippen molar-refractivity contribution in [3.8, 4) is 0 Å². The van der Waals surface area contributed by atoms with Crippen LogP contribution in [-0.2, 0) is 0 Å². The number of halogens is 1. The number of benzene rings is 2. The van der Waals surface area contributed by atoms with E-state index in [4.69, 9.17) is 23.2 Å². The SMILES string of the molecule is [C-]#[N+]c1ccc(C)c(B(O)O)c1.[C-]#[N+]c1ccc(C)c(Br)c1. The quantitative estimate of drug-likeness (QED) is 0.606. The third-order valence-corrected chi connectivity index (χ3v) is 3.81. The first-order valence-electron chi connectivity index (χ1n) is 6.36. The van der Waals surface area contributed by atoms with Crippen molar-refractivity contribution >= 4 is 39.9 Å². The van der Waals surface area contributed by atoms with Gasteiger partial charge >= 0.3 is 7.12 Å². The van der Waals surface area contributed by atoms with Crippen LogP contribution < -0.4 is 5.46 Å². The van der Waals surface area contributed by atoms with Gasteiger partial charge in [-0.25, -0.2) is 9.69 Å². The molecule has 0 saturated heterocycles. The number of rotatable bonds is 1. The lowest BCUT2D eigenvalue weighted by molar-refractivity contribution is 0.425. The lowest BCUT2D eigenvalue weighted by Gasteiger charge is -2.03. The minimum absolute atomic E-state index is 0.392. The predicted molar refractivity (Wildman–Crippen MR) is 92.4 cm³/mol. The fourth-order valence-electron chi connectivity index (χ4n) is 1.63. The van der Waals surface area contributed by atoms with Crippen molar-refractivity contribution in [1.29, 1.82) is 0 Å². The molecule has 22 heavy (non-hydrogen) atoms. The van der Waals surface area contributed by atoms with E-state index in [1.807, 2.05) is 25.1 Å². The molecule has 2 aromatic carbocycles. The second-order valence-electron chi connectivity index (χ2n) is 4.57. The molecule has 0 fully saturated rings. The zero-order valence-corrected chi connectivity index (χ0v) is 13.8. The summed E-state index contributed by atoms with van der Waals surface area (Å²) in [7, 11) is -1.49. The van der Waals surface area contributed by atoms with Crippen LogP contribution in [0.1, 0.15) is 11.1 Å². The zero-order chi connectivity index (χ0) is 16.7. The Morgan fingerprint density at radius 2 is 1.41 bits per heavy atom. The van der Waals surface area contributed by atoms with Crippen molar-refractivity contribution in [2.45, 2.75) is 13.8 Å². The first-order valence-corrected chi connectivity index (χ1v) is 7.16. The lowest BCUT2D eigenvalue weighted by atomic mass is 9.77. The summed E-state index contributed by atoms with van der Waals surface area (Å²) in [5.41, 5.74) is 3.43. The van der Waals surface area contributed by atoms with Crippen molar-refractivity contribution in [2.24, 2.45) is 0 Å². The molecule has 2 N–H and O–H groups in total. The molecule has 0 aliphatic rings. The molecule has 0 aliphatic heterocycles. The molecule has 6 heteroatoms. The lowest BCUT2D eigenvalue weighted by Crippen LogP contribution is -2.31. The summed E-state index contributed by atoms with van der Waals surface area (Å²) in [4.78, 5) is 6.48. The van der Waals surface area contributed by atoms with Crippen LogP contribution in [-0.4, -0.2) is 17.2 Å². The fraction of sp³-hybridized carbons (Fsp3) is 0.125. The van der Waals surface area contributed by atoms with Crippen molar-refractivity contribution in [3.05, 3.63) is 74.8 Å². The zero-order valence-electron chi connectivity index (χ0n) is 12.2. The molecular formula is C16H14BBrN2O2. The Labute approximate surface area is 139 Å². The molecule has 0 aliphatic carbocycles. The summed E-state index contributed by atoms with van der Waals surface area (Å²) in [6.45, 7) is 17.2. The Morgan fingerprint density at radius 1 is 0.909 bits per heavy atom. The standard InChI is InChI=1S/C8H8BNO2.C8H6BrN/c1-6-3-4-7(10-2)5-8(6)9(11)12;1-6-3-4-7(10-2)5-8(6)9/h3-5,11-12H,1H3;3-5H,1H3. The van der Waals surface area contributed by atoms with Crippen LogP contribution in [0.3, 0.4) is 0 Å². The Hall–Kier alpha value is -2.12. The summed E-state index contributed by atoms with van der Waals surface area (Å²) in [6, 6.07) is 10.4. The van der Waals surface area contributed by atoms with Crippen molar-refractivity contribution in [1.82, 2.24) is 0 Å². The van der Waals surface area contributed by atoms with Gasteiger partial charge in [0, 0.05) is 4.47 Å². The van der Waals surface area contributed by atoms with Crippen LogP contribution in [0.5, 0.6) is 0 Å². The Morgan fingerprint density at radius 3 is 1.86 bits per heavy atom. The van der Waals surface area contributed by atoms with E-state index in [1.54, 1.807) is 19.1 Å². The highest BCUT2D eigenvalue weighted by Crippen LogP contribution is 2.22. The Kier molecular flexibility index (Phi) is 6.81. The molecule has 0 amide bonds. The monoisotopic (exact) mass is 356 g/mol. The van der Waals surface area contributed by atoms with Crippen LogP contribution >= 0.6 is 15.9 Å². The average Bonchev–Trinajstić information content (AvgIpc) is 2.51. The average molecular weight is 357 g/mol. The van der Waals surface area contributed by atoms with E-state index >= 15 is 0 Å². The molecule has 4 nitrogen and oxygen atoms in total. The minimum Gasteiger partial charge on any atom is -0.423 e. The largest absolute Gasteiger partial charge is 0.487 e. The third-order valence-electron chi connectivity index (χ3n) is 2.95. The summed E-state index contributed by atoms with van der Waals surface area (Å²) in [5, 5.41) is 17.8. The van der Waals surface area contributed by atoms with E-state index in [-0.39, 0.29) is 0 Å². The summed E-state index contributed by atoms with van der Waals surface area (Å²) in [6.07, 6.45) is 0. The van der Waals surface area contributed by atoms with Crippen LogP contribution in [0.25, 0.3) is 9.69 Å². The molecule has 0 radical (unpaired) electrons. The molecule has 0 aromatic heterocycles. The van der Waals surface area contributed by atoms with E-state index in [0.29, 0.717) is 16.8 Å². The van der Waals surface area contributed by atoms with Gasteiger partial charge in [0.25, 0.3) is 0 Å². The first-order chi connectivity index (χ1) is 10.4. The minimum atomic E-state index is -1.49. The highest BCUT2D eigenvalue weighted by Gasteiger charge is 2.13. The van der Waals surface area contributed by atoms with Gasteiger partial charge in [0.2, 0.25) is 0 Å². The number of hydrogen-bond donors (Lipinski definition) is 2. The smallest absolute Gasteiger partial charge is 0.423 e. The predicted octanol–water partition coefficient (Wildman–Crippen LogP) is 3.53. The first kappa shape index (κ1) is 17.9. The maximum Gasteiger partial charge on any atom is 0.487 e. The van der Waals surface area contributed by atoms with Gasteiger partial charge in [-0.1, -0.05) is 51.8 Å². The molecule has 0 spiro atoms. The van der Waals surface area contributed by atoms with Gasteiger partial charge in [0.15, 0.2) is 11.4 Å². The maximum absolute atomic E-state index is 8.88. The second kappa shape index (κ2) is 8.36. The molecule has 2 rings (SSSR count). The van der Waals surface area contributed by atoms with Crippen LogP contribution in [0.2, 0.25) is 0 Å². The van der Waals surface area contributed by atoms with Gasteiger partial charge in [-0.2, -0.15) is 0 Å². The fourth-order valence-corrected chi connectivity index (χ4v) is 1.99. The van der Waals surface area contributed by atoms with E-state index in [9.17, 15) is 0 Å². The van der Waals surface area contributed by atoms with Crippen molar-refractivity contribution in [2.75, 3.05) is 0 Å².